The van der Waals surface area contributed by atoms with Crippen LogP contribution in [0, 0.1) is 0 Å². The molecule has 1 atom stereocenters. The molecule has 1 aromatic carbocycles. The number of rotatable bonds is 4. The highest BCUT2D eigenvalue weighted by atomic mass is 16.2. The smallest absolute Gasteiger partial charge is 0.264 e. The molecule has 1 amide bonds. The van der Waals surface area contributed by atoms with Crippen molar-refractivity contribution in [1.82, 2.24) is 24.6 Å². The van der Waals surface area contributed by atoms with E-state index >= 15 is 0 Å². The number of aromatic nitrogens is 4. The maximum atomic E-state index is 12.3. The fourth-order valence-electron chi connectivity index (χ4n) is 2.45. The molecule has 2 aromatic heterocycles. The number of hydrogen-bond acceptors (Lipinski definition) is 4. The van der Waals surface area contributed by atoms with Crippen molar-refractivity contribution < 1.29 is 4.79 Å². The van der Waals surface area contributed by atoms with Crippen LogP contribution in [0.25, 0.3) is 11.0 Å². The summed E-state index contributed by atoms with van der Waals surface area (Å²) >= 11 is 0. The third kappa shape index (κ3) is 2.98. The van der Waals surface area contributed by atoms with Crippen molar-refractivity contribution in [2.75, 3.05) is 0 Å². The molecule has 0 aliphatic rings. The number of carbonyl (C=O) groups excluding carboxylic acids is 1. The van der Waals surface area contributed by atoms with Gasteiger partial charge in [-0.15, -0.1) is 0 Å². The lowest BCUT2D eigenvalue weighted by Crippen LogP contribution is -2.33. The Labute approximate surface area is 132 Å². The van der Waals surface area contributed by atoms with Crippen LogP contribution in [-0.4, -0.2) is 25.2 Å². The summed E-state index contributed by atoms with van der Waals surface area (Å²) in [5, 5.41) is 7.28. The maximum absolute atomic E-state index is 12.3. The molecule has 7 nitrogen and oxygen atoms in total. The van der Waals surface area contributed by atoms with Gasteiger partial charge in [-0.2, -0.15) is 5.10 Å². The third-order valence-electron chi connectivity index (χ3n) is 3.71. The van der Waals surface area contributed by atoms with Gasteiger partial charge in [-0.1, -0.05) is 30.3 Å². The molecule has 0 aliphatic carbocycles. The van der Waals surface area contributed by atoms with Crippen LogP contribution in [0.4, 0.5) is 0 Å². The van der Waals surface area contributed by atoms with Crippen molar-refractivity contribution in [3.8, 4) is 0 Å². The Balaban J connectivity index is 1.75. The highest BCUT2D eigenvalue weighted by molar-refractivity contribution is 5.77. The lowest BCUT2D eigenvalue weighted by Gasteiger charge is -2.14. The molecular formula is C16H17N5O2. The van der Waals surface area contributed by atoms with Crippen molar-refractivity contribution in [3.63, 3.8) is 0 Å². The van der Waals surface area contributed by atoms with Gasteiger partial charge >= 0.3 is 0 Å². The molecule has 23 heavy (non-hydrogen) atoms. The first-order chi connectivity index (χ1) is 11.1. The summed E-state index contributed by atoms with van der Waals surface area (Å²) in [6.45, 7) is 1.83. The first-order valence-electron chi connectivity index (χ1n) is 7.27. The summed E-state index contributed by atoms with van der Waals surface area (Å²) in [5.74, 6) is -0.242. The Morgan fingerprint density at radius 1 is 1.30 bits per heavy atom. The Kier molecular flexibility index (Phi) is 3.92. The molecule has 7 heteroatoms. The van der Waals surface area contributed by atoms with E-state index in [1.807, 2.05) is 37.3 Å². The molecule has 118 valence electrons. The summed E-state index contributed by atoms with van der Waals surface area (Å²) in [4.78, 5) is 28.7. The average molecular weight is 311 g/mol. The van der Waals surface area contributed by atoms with Crippen molar-refractivity contribution in [2.24, 2.45) is 7.05 Å². The molecule has 0 bridgehead atoms. The van der Waals surface area contributed by atoms with Gasteiger partial charge < -0.3 is 5.32 Å². The largest absolute Gasteiger partial charge is 0.348 e. The Morgan fingerprint density at radius 3 is 2.78 bits per heavy atom. The zero-order valence-corrected chi connectivity index (χ0v) is 12.9. The van der Waals surface area contributed by atoms with Gasteiger partial charge in [-0.25, -0.2) is 4.98 Å². The summed E-state index contributed by atoms with van der Waals surface area (Å²) in [5.41, 5.74) is 1.24. The van der Waals surface area contributed by atoms with E-state index in [0.29, 0.717) is 11.0 Å². The summed E-state index contributed by atoms with van der Waals surface area (Å²) in [6.07, 6.45) is 2.84. The number of aryl methyl sites for hydroxylation is 1. The second-order valence-corrected chi connectivity index (χ2v) is 5.38. The van der Waals surface area contributed by atoms with E-state index in [-0.39, 0.29) is 24.1 Å². The highest BCUT2D eigenvalue weighted by Gasteiger charge is 2.13. The van der Waals surface area contributed by atoms with Gasteiger partial charge in [-0.3, -0.25) is 18.8 Å². The minimum atomic E-state index is -0.273. The molecule has 2 heterocycles. The number of benzene rings is 1. The van der Waals surface area contributed by atoms with E-state index in [2.05, 4.69) is 15.4 Å². The molecule has 1 N–H and O–H groups in total. The number of amides is 1. The van der Waals surface area contributed by atoms with Gasteiger partial charge in [0.05, 0.1) is 12.2 Å². The molecule has 0 saturated carbocycles. The van der Waals surface area contributed by atoms with Gasteiger partial charge in [-0.05, 0) is 12.5 Å². The third-order valence-corrected chi connectivity index (χ3v) is 3.71. The molecule has 0 fully saturated rings. The molecule has 0 saturated heterocycles. The average Bonchev–Trinajstić information content (AvgIpc) is 2.93. The first-order valence-corrected chi connectivity index (χ1v) is 7.27. The van der Waals surface area contributed by atoms with E-state index in [1.54, 1.807) is 7.05 Å². The van der Waals surface area contributed by atoms with Crippen molar-refractivity contribution in [2.45, 2.75) is 19.5 Å². The Bertz CT molecular complexity index is 898. The number of carbonyl (C=O) groups is 1. The minimum Gasteiger partial charge on any atom is -0.348 e. The number of nitrogens with one attached hydrogen (secondary N) is 1. The molecule has 0 spiro atoms. The molecule has 3 aromatic rings. The summed E-state index contributed by atoms with van der Waals surface area (Å²) in [7, 11) is 1.72. The van der Waals surface area contributed by atoms with Crippen LogP contribution in [0.2, 0.25) is 0 Å². The minimum absolute atomic E-state index is 0.0756. The molecule has 0 aliphatic heterocycles. The maximum Gasteiger partial charge on any atom is 0.264 e. The van der Waals surface area contributed by atoms with Crippen LogP contribution in [-0.2, 0) is 18.4 Å². The van der Waals surface area contributed by atoms with Crippen LogP contribution < -0.4 is 10.9 Å². The second-order valence-electron chi connectivity index (χ2n) is 5.38. The molecule has 3 rings (SSSR count). The van der Waals surface area contributed by atoms with Crippen LogP contribution >= 0.6 is 0 Å². The van der Waals surface area contributed by atoms with Crippen LogP contribution in [0.15, 0.2) is 47.7 Å². The van der Waals surface area contributed by atoms with Crippen LogP contribution in [0.1, 0.15) is 18.5 Å². The van der Waals surface area contributed by atoms with E-state index < -0.39 is 0 Å². The topological polar surface area (TPSA) is 81.8 Å². The molecule has 1 unspecified atom stereocenters. The Morgan fingerprint density at radius 2 is 2.04 bits per heavy atom. The van der Waals surface area contributed by atoms with Crippen molar-refractivity contribution in [3.05, 3.63) is 58.8 Å². The van der Waals surface area contributed by atoms with E-state index in [0.717, 1.165) is 5.56 Å². The monoisotopic (exact) mass is 311 g/mol. The summed E-state index contributed by atoms with van der Waals surface area (Å²) in [6, 6.07) is 9.52. The predicted octanol–water partition coefficient (Wildman–Crippen LogP) is 1.01. The normalized spacial score (nSPS) is 12.3. The van der Waals surface area contributed by atoms with Crippen molar-refractivity contribution in [1.29, 1.82) is 0 Å². The van der Waals surface area contributed by atoms with Crippen LogP contribution in [0.3, 0.4) is 0 Å². The fourth-order valence-corrected chi connectivity index (χ4v) is 2.45. The van der Waals surface area contributed by atoms with Gasteiger partial charge in [0.25, 0.3) is 5.56 Å². The van der Waals surface area contributed by atoms with Gasteiger partial charge in [0.2, 0.25) is 5.91 Å². The van der Waals surface area contributed by atoms with Crippen LogP contribution in [0.5, 0.6) is 0 Å². The zero-order chi connectivity index (χ0) is 16.4. The SMILES string of the molecule is CC(NC(=O)Cn1cnc2c(cnn2C)c1=O)c1ccccc1. The summed E-state index contributed by atoms with van der Waals surface area (Å²) < 4.78 is 2.82. The standard InChI is InChI=1S/C16H17N5O2/c1-11(12-6-4-3-5-7-12)19-14(22)9-21-10-17-15-13(16(21)23)8-18-20(15)2/h3-8,10-11H,9H2,1-2H3,(H,19,22). The number of nitrogens with zero attached hydrogens (tertiary/aromatic N) is 4. The lowest BCUT2D eigenvalue weighted by molar-refractivity contribution is -0.122. The van der Waals surface area contributed by atoms with Gasteiger partial charge in [0.1, 0.15) is 18.3 Å². The first kappa shape index (κ1) is 15.0. The predicted molar refractivity (Wildman–Crippen MR) is 85.8 cm³/mol. The number of fused-ring (bicyclic) bond motifs is 1. The zero-order valence-electron chi connectivity index (χ0n) is 12.9. The fraction of sp³-hybridized carbons (Fsp3) is 0.250. The molecular weight excluding hydrogens is 294 g/mol. The van der Waals surface area contributed by atoms with Crippen molar-refractivity contribution >= 4 is 16.9 Å². The number of hydrogen-bond donors (Lipinski definition) is 1. The quantitative estimate of drug-likeness (QED) is 0.779. The Hall–Kier alpha value is -2.96. The lowest BCUT2D eigenvalue weighted by atomic mass is 10.1. The van der Waals surface area contributed by atoms with Gasteiger partial charge in [0.15, 0.2) is 5.65 Å². The van der Waals surface area contributed by atoms with Gasteiger partial charge in [0, 0.05) is 7.05 Å². The highest BCUT2D eigenvalue weighted by Crippen LogP contribution is 2.11. The van der Waals surface area contributed by atoms with E-state index in [4.69, 9.17) is 0 Å². The van der Waals surface area contributed by atoms with E-state index in [1.165, 1.54) is 21.8 Å². The second kappa shape index (κ2) is 6.04. The molecule has 0 radical (unpaired) electrons. The van der Waals surface area contributed by atoms with E-state index in [9.17, 15) is 9.59 Å².